The number of hydrogen-bond acceptors (Lipinski definition) is 3. The molecule has 1 fully saturated rings. The Bertz CT molecular complexity index is 863. The quantitative estimate of drug-likeness (QED) is 0.633. The first kappa shape index (κ1) is 17.9. The number of nitrogens with one attached hydrogen (secondary N) is 1. The van der Waals surface area contributed by atoms with Gasteiger partial charge >= 0.3 is 6.18 Å². The van der Waals surface area contributed by atoms with E-state index in [9.17, 15) is 28.1 Å². The van der Waals surface area contributed by atoms with Gasteiger partial charge in [0.15, 0.2) is 0 Å². The van der Waals surface area contributed by atoms with E-state index in [1.54, 1.807) is 13.0 Å². The molecule has 8 heteroatoms. The molecule has 1 aliphatic rings. The standard InChI is InChI=1S/C18H15F3N2O3/c1-10-15(3-2-4-16(10)23(25)26)22-17(24)14-9-13(14)11-5-7-12(8-6-11)18(19,20)21/h2-8,13-14H,9H2,1H3,(H,22,24). The maximum absolute atomic E-state index is 12.6. The average molecular weight is 364 g/mol. The molecule has 3 rings (SSSR count). The van der Waals surface area contributed by atoms with Crippen LogP contribution in [0.4, 0.5) is 24.5 Å². The van der Waals surface area contributed by atoms with Gasteiger partial charge in [-0.3, -0.25) is 14.9 Å². The average Bonchev–Trinajstić information content (AvgIpc) is 3.36. The van der Waals surface area contributed by atoms with E-state index in [0.29, 0.717) is 23.2 Å². The highest BCUT2D eigenvalue weighted by Gasteiger charge is 2.44. The van der Waals surface area contributed by atoms with Crippen molar-refractivity contribution in [3.05, 3.63) is 69.3 Å². The molecule has 0 spiro atoms. The topological polar surface area (TPSA) is 72.2 Å². The number of benzene rings is 2. The molecule has 0 radical (unpaired) electrons. The van der Waals surface area contributed by atoms with Crippen LogP contribution in [0.15, 0.2) is 42.5 Å². The zero-order chi connectivity index (χ0) is 19.1. The summed E-state index contributed by atoms with van der Waals surface area (Å²) in [6.07, 6.45) is -3.86. The van der Waals surface area contributed by atoms with Gasteiger partial charge in [0.1, 0.15) is 0 Å². The van der Waals surface area contributed by atoms with Crippen molar-refractivity contribution in [3.8, 4) is 0 Å². The molecule has 136 valence electrons. The Hall–Kier alpha value is -2.90. The summed E-state index contributed by atoms with van der Waals surface area (Å²) in [5.74, 6) is -0.791. The summed E-state index contributed by atoms with van der Waals surface area (Å²) < 4.78 is 37.8. The molecule has 1 aliphatic carbocycles. The van der Waals surface area contributed by atoms with Crippen LogP contribution in [0.5, 0.6) is 0 Å². The summed E-state index contributed by atoms with van der Waals surface area (Å²) in [6, 6.07) is 9.21. The zero-order valence-electron chi connectivity index (χ0n) is 13.7. The second kappa shape index (κ2) is 6.44. The number of rotatable bonds is 4. The van der Waals surface area contributed by atoms with Crippen molar-refractivity contribution in [2.24, 2.45) is 5.92 Å². The van der Waals surface area contributed by atoms with Crippen LogP contribution in [0, 0.1) is 23.0 Å². The van der Waals surface area contributed by atoms with Crippen LogP contribution in [0.3, 0.4) is 0 Å². The number of halogens is 3. The molecule has 26 heavy (non-hydrogen) atoms. The lowest BCUT2D eigenvalue weighted by molar-refractivity contribution is -0.385. The fourth-order valence-electron chi connectivity index (χ4n) is 2.95. The van der Waals surface area contributed by atoms with E-state index >= 15 is 0 Å². The highest BCUT2D eigenvalue weighted by molar-refractivity contribution is 5.96. The number of nitro benzene ring substituents is 1. The zero-order valence-corrected chi connectivity index (χ0v) is 13.7. The monoisotopic (exact) mass is 364 g/mol. The molecule has 0 aliphatic heterocycles. The van der Waals surface area contributed by atoms with Gasteiger partial charge < -0.3 is 5.32 Å². The second-order valence-corrected chi connectivity index (χ2v) is 6.26. The number of carbonyl (C=O) groups excluding carboxylic acids is 1. The van der Waals surface area contributed by atoms with Gasteiger partial charge in [0.25, 0.3) is 5.69 Å². The Morgan fingerprint density at radius 3 is 2.42 bits per heavy atom. The third kappa shape index (κ3) is 3.54. The van der Waals surface area contributed by atoms with E-state index < -0.39 is 16.7 Å². The van der Waals surface area contributed by atoms with E-state index in [1.807, 2.05) is 0 Å². The van der Waals surface area contributed by atoms with E-state index in [4.69, 9.17) is 0 Å². The third-order valence-electron chi connectivity index (χ3n) is 4.55. The molecular formula is C18H15F3N2O3. The smallest absolute Gasteiger partial charge is 0.325 e. The highest BCUT2D eigenvalue weighted by atomic mass is 19.4. The van der Waals surface area contributed by atoms with Gasteiger partial charge in [-0.2, -0.15) is 13.2 Å². The first-order chi connectivity index (χ1) is 12.2. The van der Waals surface area contributed by atoms with Crippen molar-refractivity contribution in [2.45, 2.75) is 25.4 Å². The normalized spacial score (nSPS) is 19.1. The molecule has 2 aromatic carbocycles. The number of amides is 1. The Kier molecular flexibility index (Phi) is 4.43. The molecule has 2 unspecified atom stereocenters. The van der Waals surface area contributed by atoms with Gasteiger partial charge in [-0.15, -0.1) is 0 Å². The number of nitrogens with zero attached hydrogens (tertiary/aromatic N) is 1. The molecule has 0 heterocycles. The van der Waals surface area contributed by atoms with E-state index in [1.165, 1.54) is 24.3 Å². The molecule has 0 saturated heterocycles. The van der Waals surface area contributed by atoms with Gasteiger partial charge in [-0.25, -0.2) is 0 Å². The van der Waals surface area contributed by atoms with Crippen molar-refractivity contribution in [1.82, 2.24) is 0 Å². The molecular weight excluding hydrogens is 349 g/mol. The first-order valence-corrected chi connectivity index (χ1v) is 7.90. The minimum Gasteiger partial charge on any atom is -0.325 e. The number of carbonyl (C=O) groups is 1. The number of anilines is 1. The third-order valence-corrected chi connectivity index (χ3v) is 4.55. The molecule has 1 saturated carbocycles. The van der Waals surface area contributed by atoms with Crippen LogP contribution in [0.2, 0.25) is 0 Å². The lowest BCUT2D eigenvalue weighted by atomic mass is 10.1. The van der Waals surface area contributed by atoms with Gasteiger partial charge in [-0.05, 0) is 43.0 Å². The summed E-state index contributed by atoms with van der Waals surface area (Å²) in [5, 5.41) is 13.6. The van der Waals surface area contributed by atoms with Gasteiger partial charge in [0.05, 0.1) is 21.7 Å². The second-order valence-electron chi connectivity index (χ2n) is 6.26. The van der Waals surface area contributed by atoms with E-state index in [2.05, 4.69) is 5.32 Å². The Labute approximate surface area is 147 Å². The van der Waals surface area contributed by atoms with Crippen LogP contribution in [0.25, 0.3) is 0 Å². The van der Waals surface area contributed by atoms with Gasteiger partial charge in [0, 0.05) is 12.0 Å². The fraction of sp³-hybridized carbons (Fsp3) is 0.278. The van der Waals surface area contributed by atoms with Crippen LogP contribution in [-0.4, -0.2) is 10.8 Å². The molecule has 5 nitrogen and oxygen atoms in total. The number of alkyl halides is 3. The maximum Gasteiger partial charge on any atom is 0.416 e. The predicted molar refractivity (Wildman–Crippen MR) is 88.8 cm³/mol. The lowest BCUT2D eigenvalue weighted by Crippen LogP contribution is -2.15. The van der Waals surface area contributed by atoms with E-state index in [-0.39, 0.29) is 23.4 Å². The summed E-state index contributed by atoms with van der Waals surface area (Å²) in [4.78, 5) is 22.8. The van der Waals surface area contributed by atoms with Crippen LogP contribution >= 0.6 is 0 Å². The van der Waals surface area contributed by atoms with E-state index in [0.717, 1.165) is 12.1 Å². The largest absolute Gasteiger partial charge is 0.416 e. The molecule has 1 N–H and O–H groups in total. The summed E-state index contributed by atoms with van der Waals surface area (Å²) >= 11 is 0. The Balaban J connectivity index is 1.68. The number of nitro groups is 1. The summed E-state index contributed by atoms with van der Waals surface area (Å²) in [6.45, 7) is 1.55. The van der Waals surface area contributed by atoms with Crippen molar-refractivity contribution in [2.75, 3.05) is 5.32 Å². The highest BCUT2D eigenvalue weighted by Crippen LogP contribution is 2.48. The Morgan fingerprint density at radius 2 is 1.85 bits per heavy atom. The van der Waals surface area contributed by atoms with Crippen LogP contribution in [0.1, 0.15) is 29.0 Å². The van der Waals surface area contributed by atoms with Crippen molar-refractivity contribution >= 4 is 17.3 Å². The molecule has 2 aromatic rings. The summed E-state index contributed by atoms with van der Waals surface area (Å²) in [7, 11) is 0. The maximum atomic E-state index is 12.6. The lowest BCUT2D eigenvalue weighted by Gasteiger charge is -2.09. The molecule has 0 aromatic heterocycles. The fourth-order valence-corrected chi connectivity index (χ4v) is 2.95. The SMILES string of the molecule is Cc1c(NC(=O)C2CC2c2ccc(C(F)(F)F)cc2)cccc1[N+](=O)[O-]. The van der Waals surface area contributed by atoms with Crippen LogP contribution < -0.4 is 5.32 Å². The van der Waals surface area contributed by atoms with Crippen molar-refractivity contribution < 1.29 is 22.9 Å². The van der Waals surface area contributed by atoms with Crippen molar-refractivity contribution in [1.29, 1.82) is 0 Å². The van der Waals surface area contributed by atoms with Gasteiger partial charge in [0.2, 0.25) is 5.91 Å². The first-order valence-electron chi connectivity index (χ1n) is 7.90. The van der Waals surface area contributed by atoms with Crippen molar-refractivity contribution in [3.63, 3.8) is 0 Å². The minimum atomic E-state index is -4.39. The molecule has 0 bridgehead atoms. The Morgan fingerprint density at radius 1 is 1.19 bits per heavy atom. The van der Waals surface area contributed by atoms with Gasteiger partial charge in [-0.1, -0.05) is 18.2 Å². The van der Waals surface area contributed by atoms with Crippen LogP contribution in [-0.2, 0) is 11.0 Å². The molecule has 1 amide bonds. The number of hydrogen-bond donors (Lipinski definition) is 1. The minimum absolute atomic E-state index is 0.0853. The molecule has 2 atom stereocenters. The summed E-state index contributed by atoms with van der Waals surface area (Å²) in [5.41, 5.74) is 0.585. The predicted octanol–water partition coefficient (Wildman–Crippen LogP) is 4.66.